The minimum atomic E-state index is -0.354. The van der Waals surface area contributed by atoms with Gasteiger partial charge in [0.1, 0.15) is 5.75 Å². The summed E-state index contributed by atoms with van der Waals surface area (Å²) in [6, 6.07) is 7.50. The number of rotatable bonds is 6. The molecule has 5 heteroatoms. The van der Waals surface area contributed by atoms with E-state index in [1.165, 1.54) is 12.0 Å². The van der Waals surface area contributed by atoms with E-state index in [1.807, 2.05) is 25.1 Å². The number of carbonyl (C=O) groups is 2. The Morgan fingerprint density at radius 3 is 2.65 bits per heavy atom. The van der Waals surface area contributed by atoms with Crippen molar-refractivity contribution < 1.29 is 19.1 Å². The number of likely N-dealkylation sites (N-methyl/N-ethyl adjacent to an activating group) is 1. The average Bonchev–Trinajstić information content (AvgIpc) is 2.43. The monoisotopic (exact) mass is 279 g/mol. The number of amides is 1. The molecule has 0 aliphatic heterocycles. The second-order valence-electron chi connectivity index (χ2n) is 4.80. The Morgan fingerprint density at radius 1 is 1.35 bits per heavy atom. The van der Waals surface area contributed by atoms with E-state index in [-0.39, 0.29) is 24.4 Å². The third-order valence-corrected chi connectivity index (χ3v) is 2.93. The molecule has 0 saturated heterocycles. The highest BCUT2D eigenvalue weighted by Crippen LogP contribution is 2.12. The van der Waals surface area contributed by atoms with Gasteiger partial charge < -0.3 is 14.4 Å². The lowest BCUT2D eigenvalue weighted by atomic mass is 10.2. The smallest absolute Gasteiger partial charge is 0.310 e. The molecule has 1 rings (SSSR count). The summed E-state index contributed by atoms with van der Waals surface area (Å²) in [5.41, 5.74) is 1.07. The third-order valence-electron chi connectivity index (χ3n) is 2.93. The van der Waals surface area contributed by atoms with Crippen LogP contribution in [0, 0.1) is 12.8 Å². The maximum Gasteiger partial charge on any atom is 0.310 e. The molecular formula is C15H21NO4. The summed E-state index contributed by atoms with van der Waals surface area (Å²) in [6.07, 6.45) is 0. The summed E-state index contributed by atoms with van der Waals surface area (Å²) in [5.74, 6) is -0.202. The van der Waals surface area contributed by atoms with E-state index in [0.29, 0.717) is 12.3 Å². The van der Waals surface area contributed by atoms with Gasteiger partial charge in [-0.15, -0.1) is 0 Å². The molecule has 110 valence electrons. The summed E-state index contributed by atoms with van der Waals surface area (Å²) in [6.45, 7) is 3.94. The molecule has 0 bridgehead atoms. The van der Waals surface area contributed by atoms with E-state index in [1.54, 1.807) is 20.0 Å². The normalized spacial score (nSPS) is 11.6. The van der Waals surface area contributed by atoms with Gasteiger partial charge in [-0.1, -0.05) is 19.1 Å². The van der Waals surface area contributed by atoms with E-state index in [2.05, 4.69) is 4.74 Å². The van der Waals surface area contributed by atoms with Gasteiger partial charge in [-0.3, -0.25) is 9.59 Å². The van der Waals surface area contributed by atoms with Crippen LogP contribution in [0.15, 0.2) is 24.3 Å². The first-order valence-corrected chi connectivity index (χ1v) is 6.45. The van der Waals surface area contributed by atoms with Gasteiger partial charge >= 0.3 is 5.97 Å². The predicted molar refractivity (Wildman–Crippen MR) is 75.5 cm³/mol. The van der Waals surface area contributed by atoms with Crippen molar-refractivity contribution in [3.63, 3.8) is 0 Å². The molecule has 1 aromatic carbocycles. The van der Waals surface area contributed by atoms with Crippen molar-refractivity contribution in [1.29, 1.82) is 0 Å². The van der Waals surface area contributed by atoms with Crippen LogP contribution >= 0.6 is 0 Å². The molecule has 0 fully saturated rings. The minimum absolute atomic E-state index is 0.0478. The van der Waals surface area contributed by atoms with Crippen molar-refractivity contribution >= 4 is 11.9 Å². The summed E-state index contributed by atoms with van der Waals surface area (Å²) in [7, 11) is 2.98. The maximum atomic E-state index is 11.9. The molecule has 0 saturated carbocycles. The third kappa shape index (κ3) is 4.91. The Bertz CT molecular complexity index is 473. The van der Waals surface area contributed by atoms with E-state index < -0.39 is 0 Å². The Hall–Kier alpha value is -2.04. The lowest BCUT2D eigenvalue weighted by Gasteiger charge is -2.20. The van der Waals surface area contributed by atoms with Crippen LogP contribution in [-0.4, -0.2) is 44.1 Å². The number of hydrogen-bond acceptors (Lipinski definition) is 4. The zero-order chi connectivity index (χ0) is 15.1. The van der Waals surface area contributed by atoms with Gasteiger partial charge in [0.2, 0.25) is 0 Å². The molecular weight excluding hydrogens is 258 g/mol. The van der Waals surface area contributed by atoms with Gasteiger partial charge in [0, 0.05) is 13.6 Å². The van der Waals surface area contributed by atoms with Crippen molar-refractivity contribution in [3.8, 4) is 5.75 Å². The second kappa shape index (κ2) is 7.53. The van der Waals surface area contributed by atoms with E-state index in [9.17, 15) is 9.59 Å². The largest absolute Gasteiger partial charge is 0.484 e. The Labute approximate surface area is 119 Å². The molecule has 1 aromatic rings. The number of ether oxygens (including phenoxy) is 2. The predicted octanol–water partition coefficient (Wildman–Crippen LogP) is 1.64. The zero-order valence-corrected chi connectivity index (χ0v) is 12.4. The molecule has 0 radical (unpaired) electrons. The van der Waals surface area contributed by atoms with Crippen molar-refractivity contribution in [2.45, 2.75) is 13.8 Å². The van der Waals surface area contributed by atoms with E-state index in [4.69, 9.17) is 4.74 Å². The van der Waals surface area contributed by atoms with Gasteiger partial charge in [-0.25, -0.2) is 0 Å². The zero-order valence-electron chi connectivity index (χ0n) is 12.4. The molecule has 0 heterocycles. The maximum absolute atomic E-state index is 11.9. The van der Waals surface area contributed by atoms with Crippen molar-refractivity contribution in [1.82, 2.24) is 4.90 Å². The van der Waals surface area contributed by atoms with Gasteiger partial charge in [0.05, 0.1) is 13.0 Å². The lowest BCUT2D eigenvalue weighted by Crippen LogP contribution is -2.37. The standard InChI is InChI=1S/C15H21NO4/c1-11-6-5-7-13(8-11)20-10-14(17)16(3)9-12(2)15(18)19-4/h5-8,12H,9-10H2,1-4H3. The quantitative estimate of drug-likeness (QED) is 0.743. The SMILES string of the molecule is COC(=O)C(C)CN(C)C(=O)COc1cccc(C)c1. The highest BCUT2D eigenvalue weighted by molar-refractivity contribution is 5.78. The van der Waals surface area contributed by atoms with Gasteiger partial charge in [0.15, 0.2) is 6.61 Å². The molecule has 1 amide bonds. The fourth-order valence-electron chi connectivity index (χ4n) is 1.75. The van der Waals surface area contributed by atoms with Gasteiger partial charge in [-0.2, -0.15) is 0 Å². The van der Waals surface area contributed by atoms with Crippen molar-refractivity contribution in [2.24, 2.45) is 5.92 Å². The first-order chi connectivity index (χ1) is 9.43. The van der Waals surface area contributed by atoms with Crippen LogP contribution in [0.1, 0.15) is 12.5 Å². The number of methoxy groups -OCH3 is 1. The minimum Gasteiger partial charge on any atom is -0.484 e. The molecule has 1 unspecified atom stereocenters. The number of carbonyl (C=O) groups excluding carboxylic acids is 2. The highest BCUT2D eigenvalue weighted by Gasteiger charge is 2.18. The number of esters is 1. The first kappa shape index (κ1) is 16.0. The number of aryl methyl sites for hydroxylation is 1. The Balaban J connectivity index is 2.44. The Kier molecular flexibility index (Phi) is 6.03. The number of nitrogens with zero attached hydrogens (tertiary/aromatic N) is 1. The fourth-order valence-corrected chi connectivity index (χ4v) is 1.75. The van der Waals surface area contributed by atoms with Crippen LogP contribution in [0.25, 0.3) is 0 Å². The van der Waals surface area contributed by atoms with E-state index >= 15 is 0 Å². The fraction of sp³-hybridized carbons (Fsp3) is 0.467. The van der Waals surface area contributed by atoms with Crippen LogP contribution in [0.5, 0.6) is 5.75 Å². The van der Waals surface area contributed by atoms with Crippen LogP contribution in [0.4, 0.5) is 0 Å². The van der Waals surface area contributed by atoms with Crippen LogP contribution in [0.3, 0.4) is 0 Å². The number of hydrogen-bond donors (Lipinski definition) is 0. The molecule has 0 aliphatic carbocycles. The van der Waals surface area contributed by atoms with E-state index in [0.717, 1.165) is 5.56 Å². The Morgan fingerprint density at radius 2 is 2.05 bits per heavy atom. The number of benzene rings is 1. The molecule has 0 aliphatic rings. The summed E-state index contributed by atoms with van der Waals surface area (Å²) < 4.78 is 10.1. The van der Waals surface area contributed by atoms with Crippen LogP contribution < -0.4 is 4.74 Å². The topological polar surface area (TPSA) is 55.8 Å². The molecule has 5 nitrogen and oxygen atoms in total. The lowest BCUT2D eigenvalue weighted by molar-refractivity contribution is -0.146. The van der Waals surface area contributed by atoms with Crippen LogP contribution in [0.2, 0.25) is 0 Å². The molecule has 0 aromatic heterocycles. The van der Waals surface area contributed by atoms with Gasteiger partial charge in [0.25, 0.3) is 5.91 Å². The summed E-state index contributed by atoms with van der Waals surface area (Å²) in [5, 5.41) is 0. The van der Waals surface area contributed by atoms with Crippen molar-refractivity contribution in [3.05, 3.63) is 29.8 Å². The van der Waals surface area contributed by atoms with Gasteiger partial charge in [-0.05, 0) is 24.6 Å². The average molecular weight is 279 g/mol. The summed E-state index contributed by atoms with van der Waals surface area (Å²) in [4.78, 5) is 24.7. The molecule has 0 spiro atoms. The second-order valence-corrected chi connectivity index (χ2v) is 4.80. The van der Waals surface area contributed by atoms with Crippen LogP contribution in [-0.2, 0) is 14.3 Å². The first-order valence-electron chi connectivity index (χ1n) is 6.45. The van der Waals surface area contributed by atoms with Crippen molar-refractivity contribution in [2.75, 3.05) is 27.3 Å². The highest BCUT2D eigenvalue weighted by atomic mass is 16.5. The molecule has 0 N–H and O–H groups in total. The molecule has 20 heavy (non-hydrogen) atoms. The summed E-state index contributed by atoms with van der Waals surface area (Å²) >= 11 is 0. The molecule has 1 atom stereocenters.